The number of halogens is 3. The molecule has 0 aliphatic carbocycles. The maximum absolute atomic E-state index is 14.3. The second-order valence-electron chi connectivity index (χ2n) is 10.2. The fourth-order valence-electron chi connectivity index (χ4n) is 4.36. The predicted molar refractivity (Wildman–Crippen MR) is 173 cm³/mol. The van der Waals surface area contributed by atoms with Crippen LogP contribution in [0.15, 0.2) is 71.6 Å². The van der Waals surface area contributed by atoms with Crippen molar-refractivity contribution in [3.05, 3.63) is 87.4 Å². The third kappa shape index (κ3) is 9.01. The maximum atomic E-state index is 14.3. The minimum absolute atomic E-state index is 0.0512. The Morgan fingerprint density at radius 3 is 2.19 bits per heavy atom. The molecule has 43 heavy (non-hydrogen) atoms. The Balaban J connectivity index is 2.12. The van der Waals surface area contributed by atoms with Gasteiger partial charge in [-0.3, -0.25) is 13.9 Å². The highest BCUT2D eigenvalue weighted by Crippen LogP contribution is 2.33. The SMILES string of the molecule is CCOc1ccccc1N(CC(=O)N(Cc1ccc(Cl)cc1Cl)[C@H](CC)C(=O)NCC(C)C)S(=O)(=O)c1ccc(Cl)cc1. The maximum Gasteiger partial charge on any atom is 0.264 e. The first-order valence-electron chi connectivity index (χ1n) is 13.9. The first-order valence-corrected chi connectivity index (χ1v) is 16.5. The van der Waals surface area contributed by atoms with Gasteiger partial charge in [0.05, 0.1) is 17.2 Å². The lowest BCUT2D eigenvalue weighted by molar-refractivity contribution is -0.140. The lowest BCUT2D eigenvalue weighted by Crippen LogP contribution is -2.52. The van der Waals surface area contributed by atoms with E-state index in [2.05, 4.69) is 5.32 Å². The number of anilines is 1. The molecule has 0 bridgehead atoms. The molecule has 1 atom stereocenters. The molecule has 2 amide bonds. The quantitative estimate of drug-likeness (QED) is 0.203. The minimum Gasteiger partial charge on any atom is -0.492 e. The van der Waals surface area contributed by atoms with E-state index in [9.17, 15) is 18.0 Å². The van der Waals surface area contributed by atoms with Gasteiger partial charge in [0.15, 0.2) is 0 Å². The van der Waals surface area contributed by atoms with Crippen LogP contribution in [0.1, 0.15) is 39.7 Å². The Bertz CT molecular complexity index is 1520. The normalized spacial score (nSPS) is 12.1. The van der Waals surface area contributed by atoms with E-state index in [1.807, 2.05) is 13.8 Å². The molecule has 8 nitrogen and oxygen atoms in total. The van der Waals surface area contributed by atoms with Crippen LogP contribution < -0.4 is 14.4 Å². The standard InChI is InChI=1S/C31H36Cl3N3O5S/c1-5-27(31(39)35-18-21(3)4)36(19-22-11-12-24(33)17-26(22)34)30(38)20-37(28-9-7-8-10-29(28)42-6-2)43(40,41)25-15-13-23(32)14-16-25/h7-17,21,27H,5-6,18-20H2,1-4H3,(H,35,39)/t27-/m1/s1. The van der Waals surface area contributed by atoms with E-state index >= 15 is 0 Å². The van der Waals surface area contributed by atoms with Gasteiger partial charge in [-0.25, -0.2) is 8.42 Å². The number of nitrogens with zero attached hydrogens (tertiary/aromatic N) is 2. The summed E-state index contributed by atoms with van der Waals surface area (Å²) in [6, 6.07) is 16.2. The van der Waals surface area contributed by atoms with E-state index in [-0.39, 0.29) is 47.7 Å². The average Bonchev–Trinajstić information content (AvgIpc) is 2.96. The van der Waals surface area contributed by atoms with Gasteiger partial charge < -0.3 is 15.0 Å². The zero-order valence-corrected chi connectivity index (χ0v) is 27.6. The summed E-state index contributed by atoms with van der Waals surface area (Å²) in [5, 5.41) is 3.99. The van der Waals surface area contributed by atoms with Crippen molar-refractivity contribution in [1.82, 2.24) is 10.2 Å². The van der Waals surface area contributed by atoms with Crippen LogP contribution in [0.3, 0.4) is 0 Å². The Hall–Kier alpha value is -2.98. The molecule has 0 aliphatic rings. The van der Waals surface area contributed by atoms with E-state index in [1.54, 1.807) is 56.3 Å². The summed E-state index contributed by atoms with van der Waals surface area (Å²) in [5.74, 6) is -0.492. The van der Waals surface area contributed by atoms with Crippen LogP contribution in [-0.4, -0.2) is 50.9 Å². The second kappa shape index (κ2) is 15.7. The zero-order chi connectivity index (χ0) is 31.7. The van der Waals surface area contributed by atoms with Crippen molar-refractivity contribution >= 4 is 62.3 Å². The van der Waals surface area contributed by atoms with Crippen LogP contribution in [0.4, 0.5) is 5.69 Å². The summed E-state index contributed by atoms with van der Waals surface area (Å²) in [5.41, 5.74) is 0.728. The summed E-state index contributed by atoms with van der Waals surface area (Å²) >= 11 is 18.6. The molecule has 232 valence electrons. The Labute approximate surface area is 268 Å². The molecule has 0 radical (unpaired) electrons. The van der Waals surface area contributed by atoms with E-state index < -0.39 is 28.5 Å². The number of sulfonamides is 1. The second-order valence-corrected chi connectivity index (χ2v) is 13.3. The van der Waals surface area contributed by atoms with Gasteiger partial charge in [0.2, 0.25) is 11.8 Å². The number of para-hydroxylation sites is 2. The average molecular weight is 669 g/mol. The predicted octanol–water partition coefficient (Wildman–Crippen LogP) is 6.82. The van der Waals surface area contributed by atoms with Gasteiger partial charge in [0.25, 0.3) is 10.0 Å². The summed E-state index contributed by atoms with van der Waals surface area (Å²) in [6.07, 6.45) is 0.278. The molecule has 0 fully saturated rings. The molecule has 0 unspecified atom stereocenters. The molecular weight excluding hydrogens is 633 g/mol. The van der Waals surface area contributed by atoms with Gasteiger partial charge in [-0.05, 0) is 73.4 Å². The van der Waals surface area contributed by atoms with Gasteiger partial charge in [-0.2, -0.15) is 0 Å². The van der Waals surface area contributed by atoms with Crippen molar-refractivity contribution in [2.45, 2.75) is 51.6 Å². The number of rotatable bonds is 14. The minimum atomic E-state index is -4.30. The lowest BCUT2D eigenvalue weighted by Gasteiger charge is -2.34. The van der Waals surface area contributed by atoms with E-state index in [0.29, 0.717) is 27.2 Å². The van der Waals surface area contributed by atoms with Crippen LogP contribution in [-0.2, 0) is 26.2 Å². The summed E-state index contributed by atoms with van der Waals surface area (Å²) in [6.45, 7) is 7.51. The molecule has 3 aromatic rings. The first kappa shape index (κ1) is 34.5. The van der Waals surface area contributed by atoms with Crippen LogP contribution in [0.5, 0.6) is 5.75 Å². The third-order valence-corrected chi connectivity index (χ3v) is 9.15. The van der Waals surface area contributed by atoms with Gasteiger partial charge >= 0.3 is 0 Å². The largest absolute Gasteiger partial charge is 0.492 e. The number of amides is 2. The topological polar surface area (TPSA) is 96.0 Å². The number of hydrogen-bond acceptors (Lipinski definition) is 5. The third-order valence-electron chi connectivity index (χ3n) is 6.54. The van der Waals surface area contributed by atoms with E-state index in [4.69, 9.17) is 39.5 Å². The molecular formula is C31H36Cl3N3O5S. The Morgan fingerprint density at radius 1 is 0.930 bits per heavy atom. The number of carbonyl (C=O) groups is 2. The van der Waals surface area contributed by atoms with Crippen LogP contribution in [0, 0.1) is 5.92 Å². The molecule has 0 saturated carbocycles. The van der Waals surface area contributed by atoms with Crippen molar-refractivity contribution in [3.63, 3.8) is 0 Å². The fraction of sp³-hybridized carbons (Fsp3) is 0.355. The monoisotopic (exact) mass is 667 g/mol. The number of carbonyl (C=O) groups excluding carboxylic acids is 2. The van der Waals surface area contributed by atoms with Crippen molar-refractivity contribution in [1.29, 1.82) is 0 Å². The highest BCUT2D eigenvalue weighted by molar-refractivity contribution is 7.92. The molecule has 0 aliphatic heterocycles. The fourth-order valence-corrected chi connectivity index (χ4v) is 6.38. The van der Waals surface area contributed by atoms with Crippen molar-refractivity contribution in [3.8, 4) is 5.75 Å². The lowest BCUT2D eigenvalue weighted by atomic mass is 10.1. The molecule has 0 saturated heterocycles. The van der Waals surface area contributed by atoms with Gasteiger partial charge in [0.1, 0.15) is 18.3 Å². The van der Waals surface area contributed by atoms with Crippen molar-refractivity contribution < 1.29 is 22.7 Å². The molecule has 0 aromatic heterocycles. The Kier molecular flexibility index (Phi) is 12.6. The van der Waals surface area contributed by atoms with Crippen molar-refractivity contribution in [2.75, 3.05) is 24.0 Å². The molecule has 0 heterocycles. The number of nitrogens with one attached hydrogen (secondary N) is 1. The van der Waals surface area contributed by atoms with E-state index in [1.165, 1.54) is 29.2 Å². The number of ether oxygens (including phenoxy) is 1. The summed E-state index contributed by atoms with van der Waals surface area (Å²) in [7, 11) is -4.30. The number of benzene rings is 3. The summed E-state index contributed by atoms with van der Waals surface area (Å²) in [4.78, 5) is 28.9. The van der Waals surface area contributed by atoms with E-state index in [0.717, 1.165) is 4.31 Å². The molecule has 0 spiro atoms. The molecule has 3 rings (SSSR count). The number of hydrogen-bond donors (Lipinski definition) is 1. The molecule has 12 heteroatoms. The molecule has 1 N–H and O–H groups in total. The van der Waals surface area contributed by atoms with Gasteiger partial charge in [0, 0.05) is 28.2 Å². The van der Waals surface area contributed by atoms with Crippen LogP contribution >= 0.6 is 34.8 Å². The highest BCUT2D eigenvalue weighted by Gasteiger charge is 2.35. The van der Waals surface area contributed by atoms with Crippen molar-refractivity contribution in [2.24, 2.45) is 5.92 Å². The first-order chi connectivity index (χ1) is 20.4. The smallest absolute Gasteiger partial charge is 0.264 e. The highest BCUT2D eigenvalue weighted by atomic mass is 35.5. The zero-order valence-electron chi connectivity index (χ0n) is 24.5. The van der Waals surface area contributed by atoms with Gasteiger partial charge in [-0.15, -0.1) is 0 Å². The van der Waals surface area contributed by atoms with Crippen LogP contribution in [0.2, 0.25) is 15.1 Å². The van der Waals surface area contributed by atoms with Crippen LogP contribution in [0.25, 0.3) is 0 Å². The summed E-state index contributed by atoms with van der Waals surface area (Å²) < 4.78 is 34.9. The molecule has 3 aromatic carbocycles. The van der Waals surface area contributed by atoms with Gasteiger partial charge in [-0.1, -0.05) is 73.8 Å². The Morgan fingerprint density at radius 2 is 1.58 bits per heavy atom.